The molecule has 1 aromatic carbocycles. The van der Waals surface area contributed by atoms with Gasteiger partial charge in [-0.2, -0.15) is 8.42 Å². The molecular weight excluding hydrogens is 335 g/mol. The van der Waals surface area contributed by atoms with Crippen molar-refractivity contribution >= 4 is 43.2 Å². The second-order valence-corrected chi connectivity index (χ2v) is 8.67. The summed E-state index contributed by atoms with van der Waals surface area (Å²) in [6, 6.07) is 4.05. The molecule has 0 heterocycles. The minimum Gasteiger partial charge on any atom is -0.382 e. The van der Waals surface area contributed by atoms with Crippen LogP contribution in [0.2, 0.25) is 10.0 Å². The van der Waals surface area contributed by atoms with Gasteiger partial charge in [-0.3, -0.25) is 0 Å². The van der Waals surface area contributed by atoms with Gasteiger partial charge in [0.25, 0.3) is 0 Å². The lowest BCUT2D eigenvalue weighted by Gasteiger charge is -2.07. The Morgan fingerprint density at radius 2 is 1.68 bits per heavy atom. The van der Waals surface area contributed by atoms with Crippen molar-refractivity contribution in [3.8, 4) is 5.75 Å². The smallest absolute Gasteiger partial charge is 0.309 e. The van der Waals surface area contributed by atoms with Crippen molar-refractivity contribution in [2.45, 2.75) is 6.42 Å². The molecule has 9 heteroatoms. The van der Waals surface area contributed by atoms with Gasteiger partial charge in [0.1, 0.15) is 15.6 Å². The molecule has 0 spiro atoms. The summed E-state index contributed by atoms with van der Waals surface area (Å²) in [6.07, 6.45) is 1.02. The van der Waals surface area contributed by atoms with Crippen molar-refractivity contribution in [3.05, 3.63) is 28.2 Å². The zero-order chi connectivity index (χ0) is 14.7. The van der Waals surface area contributed by atoms with Gasteiger partial charge in [0, 0.05) is 12.3 Å². The molecule has 0 amide bonds. The van der Waals surface area contributed by atoms with E-state index in [9.17, 15) is 16.8 Å². The van der Waals surface area contributed by atoms with Crippen LogP contribution in [0.15, 0.2) is 18.2 Å². The minimum absolute atomic E-state index is 0.0253. The molecule has 5 nitrogen and oxygen atoms in total. The van der Waals surface area contributed by atoms with E-state index < -0.39 is 20.0 Å². The highest BCUT2D eigenvalue weighted by Crippen LogP contribution is 2.27. The van der Waals surface area contributed by atoms with E-state index in [-0.39, 0.29) is 33.7 Å². The predicted molar refractivity (Wildman–Crippen MR) is 75.2 cm³/mol. The third-order valence-electron chi connectivity index (χ3n) is 2.02. The second kappa shape index (κ2) is 6.30. The summed E-state index contributed by atoms with van der Waals surface area (Å²) in [7, 11) is -7.04. The van der Waals surface area contributed by atoms with Crippen LogP contribution in [-0.2, 0) is 20.0 Å². The Balaban J connectivity index is 2.66. The third kappa shape index (κ3) is 6.47. The topological polar surface area (TPSA) is 77.5 Å². The first-order valence-electron chi connectivity index (χ1n) is 5.14. The molecular formula is C10H12Cl2O5S2. The van der Waals surface area contributed by atoms with Crippen LogP contribution < -0.4 is 4.18 Å². The highest BCUT2D eigenvalue weighted by atomic mass is 35.5. The van der Waals surface area contributed by atoms with E-state index in [1.165, 1.54) is 18.2 Å². The highest BCUT2D eigenvalue weighted by molar-refractivity contribution is 7.90. The Morgan fingerprint density at radius 3 is 2.21 bits per heavy atom. The molecule has 0 aliphatic carbocycles. The zero-order valence-electron chi connectivity index (χ0n) is 9.97. The fraction of sp³-hybridized carbons (Fsp3) is 0.400. The maximum atomic E-state index is 11.6. The van der Waals surface area contributed by atoms with Gasteiger partial charge in [-0.1, -0.05) is 23.2 Å². The van der Waals surface area contributed by atoms with Crippen LogP contribution in [0.25, 0.3) is 0 Å². The van der Waals surface area contributed by atoms with Crippen LogP contribution in [-0.4, -0.2) is 34.6 Å². The molecule has 0 saturated heterocycles. The monoisotopic (exact) mass is 346 g/mol. The molecule has 0 aromatic heterocycles. The molecule has 0 unspecified atom stereocenters. The molecule has 1 rings (SSSR count). The summed E-state index contributed by atoms with van der Waals surface area (Å²) in [4.78, 5) is 0. The molecule has 0 aliphatic rings. The van der Waals surface area contributed by atoms with Gasteiger partial charge >= 0.3 is 10.1 Å². The van der Waals surface area contributed by atoms with Crippen LogP contribution in [0.5, 0.6) is 5.75 Å². The summed E-state index contributed by atoms with van der Waals surface area (Å²) >= 11 is 11.4. The average Bonchev–Trinajstić information content (AvgIpc) is 2.20. The SMILES string of the molecule is CS(=O)(=O)CCCS(=O)(=O)Oc1ccc(Cl)c(Cl)c1. The van der Waals surface area contributed by atoms with Gasteiger partial charge in [0.05, 0.1) is 21.6 Å². The normalized spacial score (nSPS) is 12.4. The Hall–Kier alpha value is -0.500. The molecule has 0 atom stereocenters. The lowest BCUT2D eigenvalue weighted by atomic mass is 10.3. The molecule has 108 valence electrons. The van der Waals surface area contributed by atoms with Gasteiger partial charge < -0.3 is 4.18 Å². The van der Waals surface area contributed by atoms with Gasteiger partial charge in [-0.05, 0) is 18.6 Å². The maximum absolute atomic E-state index is 11.6. The fourth-order valence-corrected chi connectivity index (χ4v) is 3.33. The van der Waals surface area contributed by atoms with E-state index in [1.54, 1.807) is 0 Å². The Kier molecular flexibility index (Phi) is 5.49. The van der Waals surface area contributed by atoms with Gasteiger partial charge in [-0.15, -0.1) is 0 Å². The molecule has 0 bridgehead atoms. The van der Waals surface area contributed by atoms with Crippen LogP contribution in [0.1, 0.15) is 6.42 Å². The van der Waals surface area contributed by atoms with Crippen molar-refractivity contribution in [2.24, 2.45) is 0 Å². The number of hydrogen-bond donors (Lipinski definition) is 0. The van der Waals surface area contributed by atoms with Gasteiger partial charge in [0.2, 0.25) is 0 Å². The van der Waals surface area contributed by atoms with Crippen molar-refractivity contribution in [3.63, 3.8) is 0 Å². The number of benzene rings is 1. The van der Waals surface area contributed by atoms with Crippen molar-refractivity contribution < 1.29 is 21.0 Å². The predicted octanol–water partition coefficient (Wildman–Crippen LogP) is 2.14. The summed E-state index contributed by atoms with van der Waals surface area (Å²) in [5.74, 6) is -0.564. The van der Waals surface area contributed by atoms with E-state index in [2.05, 4.69) is 0 Å². The molecule has 0 radical (unpaired) electrons. The van der Waals surface area contributed by atoms with Crippen molar-refractivity contribution in [1.29, 1.82) is 0 Å². The van der Waals surface area contributed by atoms with Crippen LogP contribution in [0, 0.1) is 0 Å². The zero-order valence-corrected chi connectivity index (χ0v) is 13.1. The summed E-state index contributed by atoms with van der Waals surface area (Å²) in [6.45, 7) is 0. The lowest BCUT2D eigenvalue weighted by molar-refractivity contribution is 0.485. The number of halogens is 2. The molecule has 0 aliphatic heterocycles. The molecule has 19 heavy (non-hydrogen) atoms. The summed E-state index contributed by atoms with van der Waals surface area (Å²) in [5, 5.41) is 0.453. The highest BCUT2D eigenvalue weighted by Gasteiger charge is 2.15. The maximum Gasteiger partial charge on any atom is 0.309 e. The summed E-state index contributed by atoms with van der Waals surface area (Å²) in [5.41, 5.74) is 0. The number of sulfone groups is 1. The van der Waals surface area contributed by atoms with E-state index in [0.29, 0.717) is 0 Å². The fourth-order valence-electron chi connectivity index (χ4n) is 1.21. The molecule has 0 N–H and O–H groups in total. The molecule has 0 saturated carbocycles. The third-order valence-corrected chi connectivity index (χ3v) is 5.03. The number of rotatable bonds is 6. The quantitative estimate of drug-likeness (QED) is 0.737. The van der Waals surface area contributed by atoms with Gasteiger partial charge in [-0.25, -0.2) is 8.42 Å². The van der Waals surface area contributed by atoms with Crippen LogP contribution in [0.3, 0.4) is 0 Å². The second-order valence-electron chi connectivity index (χ2n) is 3.90. The molecule has 0 fully saturated rings. The summed E-state index contributed by atoms with van der Waals surface area (Å²) < 4.78 is 49.7. The van der Waals surface area contributed by atoms with E-state index >= 15 is 0 Å². The first kappa shape index (κ1) is 16.6. The van der Waals surface area contributed by atoms with E-state index in [1.807, 2.05) is 0 Å². The van der Waals surface area contributed by atoms with Crippen molar-refractivity contribution in [2.75, 3.05) is 17.8 Å². The Bertz CT molecular complexity index is 652. The van der Waals surface area contributed by atoms with Gasteiger partial charge in [0.15, 0.2) is 0 Å². The minimum atomic E-state index is -3.85. The average molecular weight is 347 g/mol. The number of hydrogen-bond acceptors (Lipinski definition) is 5. The largest absolute Gasteiger partial charge is 0.382 e. The Morgan fingerprint density at radius 1 is 1.05 bits per heavy atom. The van der Waals surface area contributed by atoms with E-state index in [0.717, 1.165) is 6.26 Å². The van der Waals surface area contributed by atoms with Crippen LogP contribution >= 0.6 is 23.2 Å². The first-order chi connectivity index (χ1) is 8.59. The Labute approximate surface area is 122 Å². The van der Waals surface area contributed by atoms with E-state index in [4.69, 9.17) is 27.4 Å². The van der Waals surface area contributed by atoms with Crippen molar-refractivity contribution in [1.82, 2.24) is 0 Å². The standard InChI is InChI=1S/C10H12Cl2O5S2/c1-18(13,14)5-2-6-19(15,16)17-8-3-4-9(11)10(12)7-8/h3-4,7H,2,5-6H2,1H3. The first-order valence-corrected chi connectivity index (χ1v) is 9.53. The lowest BCUT2D eigenvalue weighted by Crippen LogP contribution is -2.16. The molecule has 1 aromatic rings. The van der Waals surface area contributed by atoms with Crippen LogP contribution in [0.4, 0.5) is 0 Å².